The highest BCUT2D eigenvalue weighted by Gasteiger charge is 2.02. The van der Waals surface area contributed by atoms with Crippen LogP contribution in [-0.4, -0.2) is 0 Å². The minimum atomic E-state index is 0. The van der Waals surface area contributed by atoms with E-state index in [1.165, 1.54) is 0 Å². The van der Waals surface area contributed by atoms with Gasteiger partial charge in [0.2, 0.25) is 0 Å². The van der Waals surface area contributed by atoms with Crippen LogP contribution in [0.15, 0.2) is 35.0 Å². The lowest BCUT2D eigenvalue weighted by Crippen LogP contribution is -1.92. The largest absolute Gasteiger partial charge is 0.399 e. The number of halogens is 2. The monoisotopic (exact) mass is 262 g/mol. The SMILES string of the molecule is Cl.Cl.Nc1ccc(-c2ccsc2)c(N)c1. The van der Waals surface area contributed by atoms with Crippen LogP contribution in [0.1, 0.15) is 0 Å². The fourth-order valence-corrected chi connectivity index (χ4v) is 1.92. The number of rotatable bonds is 1. The number of hydrogen-bond donors (Lipinski definition) is 2. The molecule has 0 atom stereocenters. The maximum absolute atomic E-state index is 5.84. The molecule has 2 nitrogen and oxygen atoms in total. The molecule has 0 radical (unpaired) electrons. The van der Waals surface area contributed by atoms with Gasteiger partial charge in [-0.1, -0.05) is 6.07 Å². The quantitative estimate of drug-likeness (QED) is 0.774. The third kappa shape index (κ3) is 3.02. The van der Waals surface area contributed by atoms with E-state index >= 15 is 0 Å². The first kappa shape index (κ1) is 14.1. The van der Waals surface area contributed by atoms with Crippen molar-refractivity contribution in [2.75, 3.05) is 11.5 Å². The highest BCUT2D eigenvalue weighted by atomic mass is 35.5. The van der Waals surface area contributed by atoms with Crippen molar-refractivity contribution in [3.05, 3.63) is 35.0 Å². The van der Waals surface area contributed by atoms with Gasteiger partial charge >= 0.3 is 0 Å². The standard InChI is InChI=1S/C10H10N2S.2ClH/c11-8-1-2-9(10(12)5-8)7-3-4-13-6-7;;/h1-6H,11-12H2;2*1H. The van der Waals surface area contributed by atoms with E-state index in [9.17, 15) is 0 Å². The predicted octanol–water partition coefficient (Wildman–Crippen LogP) is 3.42. The fourth-order valence-electron chi connectivity index (χ4n) is 1.26. The summed E-state index contributed by atoms with van der Waals surface area (Å²) < 4.78 is 0. The number of thiophene rings is 1. The summed E-state index contributed by atoms with van der Waals surface area (Å²) in [6.07, 6.45) is 0. The van der Waals surface area contributed by atoms with Gasteiger partial charge in [0.25, 0.3) is 0 Å². The molecule has 0 unspecified atom stereocenters. The molecular weight excluding hydrogens is 251 g/mol. The van der Waals surface area contributed by atoms with Crippen molar-refractivity contribution < 1.29 is 0 Å². The smallest absolute Gasteiger partial charge is 0.0414 e. The molecule has 5 heteroatoms. The molecule has 0 fully saturated rings. The molecule has 0 aliphatic heterocycles. The van der Waals surface area contributed by atoms with Gasteiger partial charge in [0.1, 0.15) is 0 Å². The second-order valence-electron chi connectivity index (χ2n) is 2.86. The van der Waals surface area contributed by atoms with Crippen molar-refractivity contribution in [3.8, 4) is 11.1 Å². The maximum atomic E-state index is 5.84. The van der Waals surface area contributed by atoms with Gasteiger partial charge in [-0.05, 0) is 34.5 Å². The van der Waals surface area contributed by atoms with Crippen molar-refractivity contribution in [2.45, 2.75) is 0 Å². The first-order valence-electron chi connectivity index (χ1n) is 3.95. The molecule has 1 aromatic carbocycles. The molecule has 0 spiro atoms. The Balaban J connectivity index is 0.000000980. The molecule has 82 valence electrons. The Hall–Kier alpha value is -0.900. The van der Waals surface area contributed by atoms with E-state index in [1.54, 1.807) is 17.4 Å². The molecule has 0 bridgehead atoms. The summed E-state index contributed by atoms with van der Waals surface area (Å²) in [5.74, 6) is 0. The summed E-state index contributed by atoms with van der Waals surface area (Å²) >= 11 is 1.66. The Morgan fingerprint density at radius 1 is 1.00 bits per heavy atom. The normalized spacial score (nSPS) is 8.80. The number of nitrogen functional groups attached to an aromatic ring is 2. The zero-order chi connectivity index (χ0) is 9.26. The molecule has 0 aliphatic rings. The summed E-state index contributed by atoms with van der Waals surface area (Å²) in [5, 5.41) is 4.10. The van der Waals surface area contributed by atoms with Gasteiger partial charge in [0, 0.05) is 16.9 Å². The Morgan fingerprint density at radius 3 is 2.27 bits per heavy atom. The van der Waals surface area contributed by atoms with Crippen LogP contribution < -0.4 is 11.5 Å². The van der Waals surface area contributed by atoms with Crippen LogP contribution in [0.25, 0.3) is 11.1 Å². The topological polar surface area (TPSA) is 52.0 Å². The van der Waals surface area contributed by atoms with Gasteiger partial charge in [0.05, 0.1) is 0 Å². The van der Waals surface area contributed by atoms with Crippen LogP contribution in [0.4, 0.5) is 11.4 Å². The zero-order valence-electron chi connectivity index (χ0n) is 7.84. The molecule has 15 heavy (non-hydrogen) atoms. The Bertz CT molecular complexity index is 415. The number of hydrogen-bond acceptors (Lipinski definition) is 3. The van der Waals surface area contributed by atoms with Crippen molar-refractivity contribution in [3.63, 3.8) is 0 Å². The molecule has 0 saturated heterocycles. The van der Waals surface area contributed by atoms with Gasteiger partial charge in [-0.25, -0.2) is 0 Å². The van der Waals surface area contributed by atoms with Gasteiger partial charge in [-0.2, -0.15) is 11.3 Å². The zero-order valence-corrected chi connectivity index (χ0v) is 10.3. The highest BCUT2D eigenvalue weighted by Crippen LogP contribution is 2.28. The second kappa shape index (κ2) is 5.85. The third-order valence-corrected chi connectivity index (χ3v) is 2.59. The first-order valence-corrected chi connectivity index (χ1v) is 4.89. The van der Waals surface area contributed by atoms with Gasteiger partial charge < -0.3 is 11.5 Å². The first-order chi connectivity index (χ1) is 6.27. The molecule has 2 rings (SSSR count). The molecule has 4 N–H and O–H groups in total. The van der Waals surface area contributed by atoms with Crippen LogP contribution in [0, 0.1) is 0 Å². The van der Waals surface area contributed by atoms with Crippen LogP contribution >= 0.6 is 36.2 Å². The summed E-state index contributed by atoms with van der Waals surface area (Å²) in [4.78, 5) is 0. The minimum absolute atomic E-state index is 0. The molecule has 0 saturated carbocycles. The van der Waals surface area contributed by atoms with Gasteiger partial charge in [-0.15, -0.1) is 24.8 Å². The van der Waals surface area contributed by atoms with Crippen LogP contribution in [0.3, 0.4) is 0 Å². The molecule has 2 aromatic rings. The summed E-state index contributed by atoms with van der Waals surface area (Å²) in [7, 11) is 0. The Morgan fingerprint density at radius 2 is 1.73 bits per heavy atom. The number of benzene rings is 1. The van der Waals surface area contributed by atoms with Crippen LogP contribution in [0.2, 0.25) is 0 Å². The maximum Gasteiger partial charge on any atom is 0.0414 e. The van der Waals surface area contributed by atoms with Crippen molar-refractivity contribution in [1.82, 2.24) is 0 Å². The average molecular weight is 263 g/mol. The summed E-state index contributed by atoms with van der Waals surface area (Å²) in [5.41, 5.74) is 15.1. The lowest BCUT2D eigenvalue weighted by Gasteiger charge is -2.03. The second-order valence-corrected chi connectivity index (χ2v) is 3.64. The average Bonchev–Trinajstić information content (AvgIpc) is 2.56. The van der Waals surface area contributed by atoms with Crippen molar-refractivity contribution in [2.24, 2.45) is 0 Å². The number of nitrogens with two attached hydrogens (primary N) is 2. The molecular formula is C10H12Cl2N2S. The summed E-state index contributed by atoms with van der Waals surface area (Å²) in [6, 6.07) is 7.65. The van der Waals surface area contributed by atoms with Gasteiger partial charge in [0.15, 0.2) is 0 Å². The fraction of sp³-hybridized carbons (Fsp3) is 0. The van der Waals surface area contributed by atoms with Gasteiger partial charge in [-0.3, -0.25) is 0 Å². The molecule has 0 aliphatic carbocycles. The predicted molar refractivity (Wildman–Crippen MR) is 73.1 cm³/mol. The van der Waals surface area contributed by atoms with E-state index in [4.69, 9.17) is 11.5 Å². The Labute approximate surface area is 105 Å². The van der Waals surface area contributed by atoms with Crippen LogP contribution in [-0.2, 0) is 0 Å². The number of anilines is 2. The van der Waals surface area contributed by atoms with E-state index in [0.29, 0.717) is 5.69 Å². The molecule has 1 heterocycles. The summed E-state index contributed by atoms with van der Waals surface area (Å²) in [6.45, 7) is 0. The lowest BCUT2D eigenvalue weighted by molar-refractivity contribution is 1.64. The van der Waals surface area contributed by atoms with E-state index in [2.05, 4.69) is 5.38 Å². The molecule has 0 amide bonds. The Kier molecular flexibility index (Phi) is 5.50. The van der Waals surface area contributed by atoms with E-state index < -0.39 is 0 Å². The third-order valence-electron chi connectivity index (χ3n) is 1.91. The van der Waals surface area contributed by atoms with E-state index in [0.717, 1.165) is 16.8 Å². The minimum Gasteiger partial charge on any atom is -0.399 e. The lowest BCUT2D eigenvalue weighted by atomic mass is 10.1. The van der Waals surface area contributed by atoms with E-state index in [-0.39, 0.29) is 24.8 Å². The highest BCUT2D eigenvalue weighted by molar-refractivity contribution is 7.08. The van der Waals surface area contributed by atoms with Crippen molar-refractivity contribution >= 4 is 47.5 Å². The van der Waals surface area contributed by atoms with Crippen molar-refractivity contribution in [1.29, 1.82) is 0 Å². The van der Waals surface area contributed by atoms with E-state index in [1.807, 2.05) is 23.6 Å². The molecule has 1 aromatic heterocycles. The van der Waals surface area contributed by atoms with Crippen LogP contribution in [0.5, 0.6) is 0 Å².